The zero-order valence-corrected chi connectivity index (χ0v) is 13.8. The smallest absolute Gasteiger partial charge is 0.286 e. The van der Waals surface area contributed by atoms with Crippen LogP contribution in [-0.2, 0) is 20.9 Å². The molecule has 1 aromatic rings. The van der Waals surface area contributed by atoms with Crippen molar-refractivity contribution >= 4 is 11.8 Å². The number of carbonyl (C=O) groups excluding carboxylic acids is 2. The van der Waals surface area contributed by atoms with Gasteiger partial charge in [-0.05, 0) is 37.8 Å². The van der Waals surface area contributed by atoms with Crippen LogP contribution >= 0.6 is 0 Å². The van der Waals surface area contributed by atoms with Crippen molar-refractivity contribution in [3.8, 4) is 0 Å². The molecule has 1 fully saturated rings. The Labute approximate surface area is 144 Å². The van der Waals surface area contributed by atoms with Gasteiger partial charge in [0.05, 0.1) is 6.61 Å². The molecule has 25 heavy (non-hydrogen) atoms. The summed E-state index contributed by atoms with van der Waals surface area (Å²) in [6.07, 6.45) is 4.59. The number of likely N-dealkylation sites (tertiary alicyclic amines) is 1. The van der Waals surface area contributed by atoms with Crippen molar-refractivity contribution in [2.24, 2.45) is 0 Å². The van der Waals surface area contributed by atoms with Crippen molar-refractivity contribution in [3.63, 3.8) is 0 Å². The summed E-state index contributed by atoms with van der Waals surface area (Å²) in [6, 6.07) is 2.64. The number of benzene rings is 1. The molecule has 2 aliphatic rings. The third-order valence-electron chi connectivity index (χ3n) is 4.37. The summed E-state index contributed by atoms with van der Waals surface area (Å²) < 4.78 is 32.1. The van der Waals surface area contributed by atoms with Crippen LogP contribution in [0.4, 0.5) is 8.78 Å². The zero-order chi connectivity index (χ0) is 17.8. The van der Waals surface area contributed by atoms with Gasteiger partial charge < -0.3 is 15.0 Å². The molecule has 2 aliphatic heterocycles. The van der Waals surface area contributed by atoms with Gasteiger partial charge >= 0.3 is 0 Å². The Hall–Kier alpha value is -2.44. The number of nitrogens with one attached hydrogen (secondary N) is 1. The van der Waals surface area contributed by atoms with Gasteiger partial charge in [-0.2, -0.15) is 0 Å². The summed E-state index contributed by atoms with van der Waals surface area (Å²) in [5.74, 6) is -1.75. The van der Waals surface area contributed by atoms with E-state index in [-0.39, 0.29) is 23.8 Å². The van der Waals surface area contributed by atoms with E-state index in [0.29, 0.717) is 26.0 Å². The van der Waals surface area contributed by atoms with Crippen LogP contribution in [0.1, 0.15) is 31.2 Å². The maximum absolute atomic E-state index is 13.8. The number of nitrogens with zero attached hydrogens (tertiary/aromatic N) is 1. The first-order chi connectivity index (χ1) is 12.0. The van der Waals surface area contributed by atoms with Crippen LogP contribution in [-0.4, -0.2) is 35.9 Å². The maximum Gasteiger partial charge on any atom is 0.286 e. The Balaban J connectivity index is 1.64. The van der Waals surface area contributed by atoms with Crippen LogP contribution in [0.2, 0.25) is 0 Å². The number of allylic oxidation sites excluding steroid dienone is 1. The molecule has 0 radical (unpaired) electrons. The van der Waals surface area contributed by atoms with Crippen molar-refractivity contribution in [2.45, 2.75) is 38.3 Å². The molecule has 2 amide bonds. The van der Waals surface area contributed by atoms with Gasteiger partial charge in [0, 0.05) is 24.7 Å². The molecule has 3 rings (SSSR count). The minimum Gasteiger partial charge on any atom is -0.488 e. The van der Waals surface area contributed by atoms with Crippen LogP contribution < -0.4 is 5.32 Å². The summed E-state index contributed by atoms with van der Waals surface area (Å²) in [5, 5.41) is 2.70. The van der Waals surface area contributed by atoms with Crippen LogP contribution in [0.3, 0.4) is 0 Å². The van der Waals surface area contributed by atoms with E-state index in [1.54, 1.807) is 6.08 Å². The lowest BCUT2D eigenvalue weighted by Crippen LogP contribution is -2.52. The lowest BCUT2D eigenvalue weighted by molar-refractivity contribution is -0.139. The van der Waals surface area contributed by atoms with Gasteiger partial charge in [-0.15, -0.1) is 0 Å². The second kappa shape index (κ2) is 7.63. The van der Waals surface area contributed by atoms with Gasteiger partial charge in [0.2, 0.25) is 5.91 Å². The zero-order valence-electron chi connectivity index (χ0n) is 13.8. The lowest BCUT2D eigenvalue weighted by atomic mass is 10.0. The quantitative estimate of drug-likeness (QED) is 0.906. The molecule has 1 unspecified atom stereocenters. The van der Waals surface area contributed by atoms with Gasteiger partial charge in [0.1, 0.15) is 17.7 Å². The SMILES string of the molecule is O=C(NC1CCCN(Cc2ccc(F)cc2F)C1=O)C1=CCCCO1. The lowest BCUT2D eigenvalue weighted by Gasteiger charge is -2.33. The standard InChI is InChI=1S/C18H20F2N2O3/c19-13-7-6-12(14(20)10-13)11-22-8-3-4-15(18(22)24)21-17(23)16-5-1-2-9-25-16/h5-7,10,15H,1-4,8-9,11H2,(H,21,23). The normalized spacial score (nSPS) is 20.7. The number of piperidine rings is 1. The largest absolute Gasteiger partial charge is 0.488 e. The molecule has 2 heterocycles. The number of ether oxygens (including phenoxy) is 1. The number of hydrogen-bond donors (Lipinski definition) is 1. The molecule has 1 N–H and O–H groups in total. The van der Waals surface area contributed by atoms with Crippen molar-refractivity contribution in [2.75, 3.05) is 13.2 Å². The molecule has 0 saturated carbocycles. The third kappa shape index (κ3) is 4.15. The fourth-order valence-corrected chi connectivity index (χ4v) is 3.03. The summed E-state index contributed by atoms with van der Waals surface area (Å²) in [5.41, 5.74) is 0.250. The molecule has 7 heteroatoms. The van der Waals surface area contributed by atoms with Crippen LogP contribution in [0.15, 0.2) is 30.0 Å². The topological polar surface area (TPSA) is 58.6 Å². The second-order valence-corrected chi connectivity index (χ2v) is 6.22. The number of rotatable bonds is 4. The molecule has 0 aliphatic carbocycles. The van der Waals surface area contributed by atoms with Crippen LogP contribution in [0, 0.1) is 11.6 Å². The van der Waals surface area contributed by atoms with E-state index >= 15 is 0 Å². The summed E-state index contributed by atoms with van der Waals surface area (Å²) in [7, 11) is 0. The first-order valence-corrected chi connectivity index (χ1v) is 8.41. The Morgan fingerprint density at radius 1 is 1.32 bits per heavy atom. The first-order valence-electron chi connectivity index (χ1n) is 8.41. The molecule has 1 aromatic carbocycles. The fraction of sp³-hybridized carbons (Fsp3) is 0.444. The minimum absolute atomic E-state index is 0.0521. The van der Waals surface area contributed by atoms with E-state index in [0.717, 1.165) is 18.9 Å². The number of halogens is 2. The highest BCUT2D eigenvalue weighted by molar-refractivity contribution is 5.95. The average molecular weight is 350 g/mol. The Morgan fingerprint density at radius 2 is 2.16 bits per heavy atom. The van der Waals surface area contributed by atoms with E-state index in [2.05, 4.69) is 5.32 Å². The number of carbonyl (C=O) groups is 2. The van der Waals surface area contributed by atoms with Crippen molar-refractivity contribution in [1.29, 1.82) is 0 Å². The molecule has 1 saturated heterocycles. The predicted molar refractivity (Wildman–Crippen MR) is 86.2 cm³/mol. The highest BCUT2D eigenvalue weighted by atomic mass is 19.1. The molecule has 134 valence electrons. The molecular weight excluding hydrogens is 330 g/mol. The Bertz CT molecular complexity index is 706. The first kappa shape index (κ1) is 17.4. The van der Waals surface area contributed by atoms with Gasteiger partial charge in [-0.3, -0.25) is 9.59 Å². The maximum atomic E-state index is 13.8. The average Bonchev–Trinajstić information content (AvgIpc) is 2.61. The molecule has 5 nitrogen and oxygen atoms in total. The van der Waals surface area contributed by atoms with E-state index in [9.17, 15) is 18.4 Å². The van der Waals surface area contributed by atoms with E-state index in [4.69, 9.17) is 4.74 Å². The summed E-state index contributed by atoms with van der Waals surface area (Å²) >= 11 is 0. The van der Waals surface area contributed by atoms with Gasteiger partial charge in [-0.25, -0.2) is 8.78 Å². The predicted octanol–water partition coefficient (Wildman–Crippen LogP) is 2.27. The molecule has 0 aromatic heterocycles. The molecular formula is C18H20F2N2O3. The Morgan fingerprint density at radius 3 is 2.88 bits per heavy atom. The van der Waals surface area contributed by atoms with Gasteiger partial charge in [0.15, 0.2) is 5.76 Å². The van der Waals surface area contributed by atoms with Crippen LogP contribution in [0.25, 0.3) is 0 Å². The molecule has 0 bridgehead atoms. The highest BCUT2D eigenvalue weighted by Crippen LogP contribution is 2.19. The fourth-order valence-electron chi connectivity index (χ4n) is 3.03. The molecule has 0 spiro atoms. The van der Waals surface area contributed by atoms with Crippen molar-refractivity contribution in [1.82, 2.24) is 10.2 Å². The van der Waals surface area contributed by atoms with Crippen molar-refractivity contribution in [3.05, 3.63) is 47.2 Å². The second-order valence-electron chi connectivity index (χ2n) is 6.22. The molecule has 1 atom stereocenters. The number of hydrogen-bond acceptors (Lipinski definition) is 3. The Kier molecular flexibility index (Phi) is 5.31. The summed E-state index contributed by atoms with van der Waals surface area (Å²) in [4.78, 5) is 26.3. The van der Waals surface area contributed by atoms with E-state index in [1.165, 1.54) is 17.0 Å². The van der Waals surface area contributed by atoms with Gasteiger partial charge in [-0.1, -0.05) is 6.07 Å². The monoisotopic (exact) mass is 350 g/mol. The minimum atomic E-state index is -0.681. The van der Waals surface area contributed by atoms with Gasteiger partial charge in [0.25, 0.3) is 5.91 Å². The highest BCUT2D eigenvalue weighted by Gasteiger charge is 2.31. The van der Waals surface area contributed by atoms with E-state index < -0.39 is 23.6 Å². The third-order valence-corrected chi connectivity index (χ3v) is 4.37. The van der Waals surface area contributed by atoms with Crippen molar-refractivity contribution < 1.29 is 23.1 Å². The van der Waals surface area contributed by atoms with Crippen LogP contribution in [0.5, 0.6) is 0 Å². The number of amides is 2. The summed E-state index contributed by atoms with van der Waals surface area (Å²) in [6.45, 7) is 1.02. The van der Waals surface area contributed by atoms with E-state index in [1.807, 2.05) is 0 Å².